The number of likely N-dealkylation sites (tertiary alicyclic amines) is 1. The lowest BCUT2D eigenvalue weighted by atomic mass is 9.89. The maximum absolute atomic E-state index is 13.1. The minimum absolute atomic E-state index is 0.0787. The molecule has 32 heavy (non-hydrogen) atoms. The summed E-state index contributed by atoms with van der Waals surface area (Å²) in [6.07, 6.45) is 2.78. The Morgan fingerprint density at radius 1 is 0.969 bits per heavy atom. The molecule has 1 atom stereocenters. The fourth-order valence-electron chi connectivity index (χ4n) is 4.56. The van der Waals surface area contributed by atoms with Crippen LogP contribution in [0, 0.1) is 5.82 Å². The predicted molar refractivity (Wildman–Crippen MR) is 125 cm³/mol. The number of hydrogen-bond acceptors (Lipinski definition) is 4. The number of piperidine rings is 1. The van der Waals surface area contributed by atoms with Gasteiger partial charge in [-0.3, -0.25) is 4.79 Å². The van der Waals surface area contributed by atoms with Gasteiger partial charge in [0.1, 0.15) is 11.6 Å². The number of carbonyl (C=O) groups excluding carboxylic acids is 2. The van der Waals surface area contributed by atoms with Gasteiger partial charge in [0, 0.05) is 43.6 Å². The molecule has 2 amide bonds. The molecule has 2 heterocycles. The Balaban J connectivity index is 1.24. The third kappa shape index (κ3) is 5.65. The molecule has 0 aliphatic carbocycles. The van der Waals surface area contributed by atoms with Gasteiger partial charge < -0.3 is 20.4 Å². The number of urea groups is 1. The second-order valence-corrected chi connectivity index (χ2v) is 8.80. The van der Waals surface area contributed by atoms with E-state index in [1.54, 1.807) is 6.92 Å². The van der Waals surface area contributed by atoms with Crippen molar-refractivity contribution in [2.75, 3.05) is 42.9 Å². The van der Waals surface area contributed by atoms with Gasteiger partial charge in [0.05, 0.1) is 6.54 Å². The van der Waals surface area contributed by atoms with Crippen LogP contribution in [-0.4, -0.2) is 55.5 Å². The molecule has 2 fully saturated rings. The maximum Gasteiger partial charge on any atom is 0.321 e. The molecule has 1 unspecified atom stereocenters. The largest absolute Gasteiger partial charge is 0.370 e. The number of nitrogens with zero attached hydrogens (tertiary/aromatic N) is 2. The van der Waals surface area contributed by atoms with Crippen molar-refractivity contribution in [2.24, 2.45) is 0 Å². The molecule has 2 aliphatic heterocycles. The average molecular weight is 439 g/mol. The molecule has 0 spiro atoms. The van der Waals surface area contributed by atoms with Crippen molar-refractivity contribution in [3.05, 3.63) is 59.9 Å². The normalized spacial score (nSPS) is 19.2. The Morgan fingerprint density at radius 2 is 1.66 bits per heavy atom. The minimum Gasteiger partial charge on any atom is -0.370 e. The van der Waals surface area contributed by atoms with Crippen LogP contribution in [0.25, 0.3) is 0 Å². The Hall–Kier alpha value is -2.93. The molecule has 2 aromatic rings. The highest BCUT2D eigenvalue weighted by Crippen LogP contribution is 2.28. The summed E-state index contributed by atoms with van der Waals surface area (Å²) in [5, 5.41) is 6.30. The Labute approximate surface area is 188 Å². The summed E-state index contributed by atoms with van der Waals surface area (Å²) in [6, 6.07) is 14.9. The molecule has 2 N–H and O–H groups in total. The highest BCUT2D eigenvalue weighted by molar-refractivity contribution is 5.89. The third-order valence-electron chi connectivity index (χ3n) is 6.44. The monoisotopic (exact) mass is 438 g/mol. The SMILES string of the molecule is CC(=O)CNC1CCN(c2ccc(NC(=O)N3CCC(c4ccc(F)cc4)CC3)cc2)C1. The molecule has 7 heteroatoms. The number of amides is 2. The van der Waals surface area contributed by atoms with Gasteiger partial charge in [0.2, 0.25) is 0 Å². The molecular formula is C25H31FN4O2. The lowest BCUT2D eigenvalue weighted by Crippen LogP contribution is -2.40. The van der Waals surface area contributed by atoms with Gasteiger partial charge in [-0.05, 0) is 74.1 Å². The number of benzene rings is 2. The number of nitrogens with one attached hydrogen (secondary N) is 2. The number of ketones is 1. The molecule has 2 aliphatic rings. The van der Waals surface area contributed by atoms with Crippen LogP contribution in [-0.2, 0) is 4.79 Å². The number of rotatable bonds is 6. The standard InChI is InChI=1S/C25H31FN4O2/c1-18(31)16-27-23-12-15-30(17-23)24-8-6-22(7-9-24)28-25(32)29-13-10-20(11-14-29)19-2-4-21(26)5-3-19/h2-9,20,23,27H,10-17H2,1H3,(H,28,32). The molecule has 0 radical (unpaired) electrons. The molecule has 0 bridgehead atoms. The van der Waals surface area contributed by atoms with Crippen LogP contribution in [0.2, 0.25) is 0 Å². The second-order valence-electron chi connectivity index (χ2n) is 8.80. The number of halogens is 1. The fraction of sp³-hybridized carbons (Fsp3) is 0.440. The number of anilines is 2. The topological polar surface area (TPSA) is 64.7 Å². The summed E-state index contributed by atoms with van der Waals surface area (Å²) >= 11 is 0. The lowest BCUT2D eigenvalue weighted by Gasteiger charge is -2.32. The third-order valence-corrected chi connectivity index (χ3v) is 6.44. The van der Waals surface area contributed by atoms with E-state index in [0.29, 0.717) is 31.6 Å². The summed E-state index contributed by atoms with van der Waals surface area (Å²) in [5.41, 5.74) is 3.04. The molecule has 2 aromatic carbocycles. The molecule has 170 valence electrons. The first kappa shape index (κ1) is 22.3. The van der Waals surface area contributed by atoms with Crippen molar-refractivity contribution in [3.63, 3.8) is 0 Å². The van der Waals surface area contributed by atoms with E-state index < -0.39 is 0 Å². The van der Waals surface area contributed by atoms with Crippen molar-refractivity contribution in [1.29, 1.82) is 0 Å². The van der Waals surface area contributed by atoms with E-state index in [1.807, 2.05) is 41.3 Å². The summed E-state index contributed by atoms with van der Waals surface area (Å²) < 4.78 is 13.1. The maximum atomic E-state index is 13.1. The highest BCUT2D eigenvalue weighted by atomic mass is 19.1. The Bertz CT molecular complexity index is 924. The van der Waals surface area contributed by atoms with Crippen molar-refractivity contribution in [1.82, 2.24) is 10.2 Å². The van der Waals surface area contributed by atoms with Crippen LogP contribution in [0.5, 0.6) is 0 Å². The van der Waals surface area contributed by atoms with Crippen LogP contribution < -0.4 is 15.5 Å². The second kappa shape index (κ2) is 10.1. The first-order valence-corrected chi connectivity index (χ1v) is 11.4. The van der Waals surface area contributed by atoms with Crippen LogP contribution in [0.1, 0.15) is 37.7 Å². The van der Waals surface area contributed by atoms with Crippen molar-refractivity contribution in [2.45, 2.75) is 38.1 Å². The van der Waals surface area contributed by atoms with Gasteiger partial charge in [-0.15, -0.1) is 0 Å². The number of hydrogen-bond donors (Lipinski definition) is 2. The van der Waals surface area contributed by atoms with Gasteiger partial charge in [-0.1, -0.05) is 12.1 Å². The van der Waals surface area contributed by atoms with Crippen molar-refractivity contribution in [3.8, 4) is 0 Å². The predicted octanol–water partition coefficient (Wildman–Crippen LogP) is 3.99. The number of Topliss-reactive ketones (excluding diaryl/α,β-unsaturated/α-hetero) is 1. The van der Waals surface area contributed by atoms with Crippen LogP contribution >= 0.6 is 0 Å². The van der Waals surface area contributed by atoms with Crippen LogP contribution in [0.4, 0.5) is 20.6 Å². The van der Waals surface area contributed by atoms with E-state index >= 15 is 0 Å². The summed E-state index contributed by atoms with van der Waals surface area (Å²) in [7, 11) is 0. The molecule has 0 aromatic heterocycles. The molecular weight excluding hydrogens is 407 g/mol. The van der Waals surface area contributed by atoms with E-state index in [2.05, 4.69) is 15.5 Å². The Kier molecular flexibility index (Phi) is 7.05. The minimum atomic E-state index is -0.217. The van der Waals surface area contributed by atoms with Gasteiger partial charge in [-0.2, -0.15) is 0 Å². The van der Waals surface area contributed by atoms with Crippen molar-refractivity contribution < 1.29 is 14.0 Å². The van der Waals surface area contributed by atoms with Gasteiger partial charge in [0.25, 0.3) is 0 Å². The van der Waals surface area contributed by atoms with Crippen LogP contribution in [0.15, 0.2) is 48.5 Å². The van der Waals surface area contributed by atoms with Crippen molar-refractivity contribution >= 4 is 23.2 Å². The van der Waals surface area contributed by atoms with Gasteiger partial charge >= 0.3 is 6.03 Å². The zero-order valence-electron chi connectivity index (χ0n) is 18.5. The number of carbonyl (C=O) groups is 2. The summed E-state index contributed by atoms with van der Waals surface area (Å²) in [6.45, 7) is 5.22. The first-order valence-electron chi connectivity index (χ1n) is 11.4. The zero-order valence-corrected chi connectivity index (χ0v) is 18.5. The lowest BCUT2D eigenvalue weighted by molar-refractivity contribution is -0.116. The quantitative estimate of drug-likeness (QED) is 0.716. The molecule has 2 saturated heterocycles. The summed E-state index contributed by atoms with van der Waals surface area (Å²) in [4.78, 5) is 28.0. The highest BCUT2D eigenvalue weighted by Gasteiger charge is 2.25. The van der Waals surface area contributed by atoms with Gasteiger partial charge in [-0.25, -0.2) is 9.18 Å². The van der Waals surface area contributed by atoms with E-state index in [4.69, 9.17) is 0 Å². The van der Waals surface area contributed by atoms with E-state index in [-0.39, 0.29) is 17.6 Å². The zero-order chi connectivity index (χ0) is 22.5. The van der Waals surface area contributed by atoms with Crippen LogP contribution in [0.3, 0.4) is 0 Å². The first-order chi connectivity index (χ1) is 15.5. The van der Waals surface area contributed by atoms with E-state index in [0.717, 1.165) is 49.3 Å². The van der Waals surface area contributed by atoms with E-state index in [9.17, 15) is 14.0 Å². The van der Waals surface area contributed by atoms with Gasteiger partial charge in [0.15, 0.2) is 0 Å². The smallest absolute Gasteiger partial charge is 0.321 e. The molecule has 0 saturated carbocycles. The van der Waals surface area contributed by atoms with E-state index in [1.165, 1.54) is 12.1 Å². The average Bonchev–Trinajstić information content (AvgIpc) is 3.28. The summed E-state index contributed by atoms with van der Waals surface area (Å²) in [5.74, 6) is 0.308. The molecule has 6 nitrogen and oxygen atoms in total. The molecule has 4 rings (SSSR count). The Morgan fingerprint density at radius 3 is 2.31 bits per heavy atom. The fourth-order valence-corrected chi connectivity index (χ4v) is 4.56.